The van der Waals surface area contributed by atoms with Crippen molar-refractivity contribution in [2.24, 2.45) is 10.8 Å². The quantitative estimate of drug-likeness (QED) is 0.390. The zero-order chi connectivity index (χ0) is 13.0. The first-order chi connectivity index (χ1) is 8.65. The van der Waals surface area contributed by atoms with Crippen LogP contribution in [0.1, 0.15) is 5.76 Å². The van der Waals surface area contributed by atoms with Crippen LogP contribution in [0.15, 0.2) is 40.0 Å². The summed E-state index contributed by atoms with van der Waals surface area (Å²) >= 11 is 10.3. The van der Waals surface area contributed by atoms with E-state index >= 15 is 0 Å². The molecule has 0 aromatic carbocycles. The third kappa shape index (κ3) is 3.28. The SMILES string of the molecule is NC(=S)N/N=C/c1ccc(-c2ccc(Cl)nc2)o1. The zero-order valence-electron chi connectivity index (χ0n) is 9.13. The second-order valence-corrected chi connectivity index (χ2v) is 4.13. The first-order valence-electron chi connectivity index (χ1n) is 4.95. The lowest BCUT2D eigenvalue weighted by Gasteiger charge is -1.95. The van der Waals surface area contributed by atoms with E-state index in [1.54, 1.807) is 18.3 Å². The fourth-order valence-electron chi connectivity index (χ4n) is 1.26. The molecule has 0 saturated heterocycles. The number of hydrogen-bond donors (Lipinski definition) is 2. The third-order valence-electron chi connectivity index (χ3n) is 2.01. The van der Waals surface area contributed by atoms with Gasteiger partial charge in [0, 0.05) is 11.8 Å². The molecule has 5 nitrogen and oxygen atoms in total. The van der Waals surface area contributed by atoms with Crippen molar-refractivity contribution in [3.05, 3.63) is 41.4 Å². The van der Waals surface area contributed by atoms with E-state index < -0.39 is 0 Å². The monoisotopic (exact) mass is 280 g/mol. The van der Waals surface area contributed by atoms with E-state index in [-0.39, 0.29) is 5.11 Å². The molecule has 0 spiro atoms. The number of pyridine rings is 1. The Morgan fingerprint density at radius 2 is 2.28 bits per heavy atom. The van der Waals surface area contributed by atoms with Gasteiger partial charge in [0.15, 0.2) is 5.11 Å². The van der Waals surface area contributed by atoms with E-state index in [0.717, 1.165) is 5.56 Å². The standard InChI is InChI=1S/C11H9ClN4OS/c12-10-4-1-7(5-14-10)9-3-2-8(17-9)6-15-16-11(13)18/h1-6H,(H3,13,16,18)/b15-6+. The van der Waals surface area contributed by atoms with Crippen molar-refractivity contribution in [2.45, 2.75) is 0 Å². The number of rotatable bonds is 3. The smallest absolute Gasteiger partial charge is 0.184 e. The van der Waals surface area contributed by atoms with E-state index in [1.807, 2.05) is 12.1 Å². The molecule has 3 N–H and O–H groups in total. The van der Waals surface area contributed by atoms with Gasteiger partial charge in [-0.1, -0.05) is 11.6 Å². The first-order valence-corrected chi connectivity index (χ1v) is 5.74. The van der Waals surface area contributed by atoms with E-state index in [4.69, 9.17) is 21.8 Å². The van der Waals surface area contributed by atoms with Gasteiger partial charge in [0.1, 0.15) is 16.7 Å². The summed E-state index contributed by atoms with van der Waals surface area (Å²) in [7, 11) is 0. The van der Waals surface area contributed by atoms with Gasteiger partial charge in [0.05, 0.1) is 6.21 Å². The van der Waals surface area contributed by atoms with Crippen LogP contribution in [0, 0.1) is 0 Å². The molecular weight excluding hydrogens is 272 g/mol. The fraction of sp³-hybridized carbons (Fsp3) is 0. The van der Waals surface area contributed by atoms with Crippen LogP contribution in [0.4, 0.5) is 0 Å². The molecule has 0 unspecified atom stereocenters. The van der Waals surface area contributed by atoms with Gasteiger partial charge in [0.25, 0.3) is 0 Å². The number of thiocarbonyl (C=S) groups is 1. The number of halogens is 1. The highest BCUT2D eigenvalue weighted by Gasteiger charge is 2.03. The lowest BCUT2D eigenvalue weighted by molar-refractivity contribution is 0.574. The predicted molar refractivity (Wildman–Crippen MR) is 74.5 cm³/mol. The summed E-state index contributed by atoms with van der Waals surface area (Å²) in [6, 6.07) is 7.10. The Bertz CT molecular complexity index is 579. The normalized spacial score (nSPS) is 10.7. The maximum Gasteiger partial charge on any atom is 0.184 e. The number of furan rings is 1. The highest BCUT2D eigenvalue weighted by molar-refractivity contribution is 7.80. The fourth-order valence-corrected chi connectivity index (χ4v) is 1.42. The highest BCUT2D eigenvalue weighted by atomic mass is 35.5. The van der Waals surface area contributed by atoms with E-state index in [2.05, 4.69) is 27.7 Å². The zero-order valence-corrected chi connectivity index (χ0v) is 10.7. The second kappa shape index (κ2) is 5.61. The molecular formula is C11H9ClN4OS. The minimum Gasteiger partial charge on any atom is -0.455 e. The summed E-state index contributed by atoms with van der Waals surface area (Å²) < 4.78 is 5.53. The number of hydrazone groups is 1. The Kier molecular flexibility index (Phi) is 3.91. The highest BCUT2D eigenvalue weighted by Crippen LogP contribution is 2.21. The molecule has 0 aliphatic rings. The summed E-state index contributed by atoms with van der Waals surface area (Å²) in [6.45, 7) is 0. The Balaban J connectivity index is 2.12. The summed E-state index contributed by atoms with van der Waals surface area (Å²) in [5, 5.41) is 4.33. The van der Waals surface area contributed by atoms with Crippen LogP contribution >= 0.6 is 23.8 Å². The van der Waals surface area contributed by atoms with Gasteiger partial charge in [-0.25, -0.2) is 4.98 Å². The number of hydrogen-bond acceptors (Lipinski definition) is 4. The van der Waals surface area contributed by atoms with Crippen molar-refractivity contribution in [2.75, 3.05) is 0 Å². The van der Waals surface area contributed by atoms with Gasteiger partial charge in [-0.05, 0) is 36.5 Å². The van der Waals surface area contributed by atoms with Gasteiger partial charge in [0.2, 0.25) is 0 Å². The number of nitrogens with one attached hydrogen (secondary N) is 1. The summed E-state index contributed by atoms with van der Waals surface area (Å²) in [5.74, 6) is 1.25. The van der Waals surface area contributed by atoms with Crippen molar-refractivity contribution in [1.82, 2.24) is 10.4 Å². The number of nitrogens with zero attached hydrogens (tertiary/aromatic N) is 2. The van der Waals surface area contributed by atoms with Gasteiger partial charge in [-0.15, -0.1) is 0 Å². The summed E-state index contributed by atoms with van der Waals surface area (Å²) in [5.41, 5.74) is 8.50. The van der Waals surface area contributed by atoms with Crippen LogP contribution in [0.3, 0.4) is 0 Å². The molecule has 0 aliphatic carbocycles. The molecule has 0 aliphatic heterocycles. The number of aromatic nitrogens is 1. The van der Waals surface area contributed by atoms with Crippen LogP contribution in [0.25, 0.3) is 11.3 Å². The number of nitrogens with two attached hydrogens (primary N) is 1. The van der Waals surface area contributed by atoms with Crippen molar-refractivity contribution >= 4 is 35.1 Å². The third-order valence-corrected chi connectivity index (χ3v) is 2.32. The van der Waals surface area contributed by atoms with Crippen molar-refractivity contribution in [1.29, 1.82) is 0 Å². The molecule has 0 atom stereocenters. The molecule has 0 radical (unpaired) electrons. The molecule has 0 bridgehead atoms. The molecule has 92 valence electrons. The molecule has 2 aromatic rings. The lowest BCUT2D eigenvalue weighted by atomic mass is 10.2. The topological polar surface area (TPSA) is 76.4 Å². The largest absolute Gasteiger partial charge is 0.455 e. The second-order valence-electron chi connectivity index (χ2n) is 3.31. The van der Waals surface area contributed by atoms with Gasteiger partial charge in [-0.3, -0.25) is 5.43 Å². The van der Waals surface area contributed by atoms with Crippen LogP contribution in [0.2, 0.25) is 5.15 Å². The molecule has 7 heteroatoms. The van der Waals surface area contributed by atoms with Crippen LogP contribution < -0.4 is 11.2 Å². The molecule has 2 aromatic heterocycles. The van der Waals surface area contributed by atoms with Gasteiger partial charge in [-0.2, -0.15) is 5.10 Å². The van der Waals surface area contributed by atoms with E-state index in [9.17, 15) is 0 Å². The summed E-state index contributed by atoms with van der Waals surface area (Å²) in [4.78, 5) is 3.98. The minimum absolute atomic E-state index is 0.0972. The summed E-state index contributed by atoms with van der Waals surface area (Å²) in [6.07, 6.45) is 3.11. The Morgan fingerprint density at radius 3 is 2.94 bits per heavy atom. The Hall–Kier alpha value is -1.92. The average molecular weight is 281 g/mol. The van der Waals surface area contributed by atoms with Gasteiger partial charge < -0.3 is 10.2 Å². The first kappa shape index (κ1) is 12.5. The molecule has 18 heavy (non-hydrogen) atoms. The lowest BCUT2D eigenvalue weighted by Crippen LogP contribution is -2.23. The van der Waals surface area contributed by atoms with E-state index in [1.165, 1.54) is 6.21 Å². The van der Waals surface area contributed by atoms with Crippen LogP contribution in [0.5, 0.6) is 0 Å². The predicted octanol–water partition coefficient (Wildman–Crippen LogP) is 2.16. The molecule has 2 heterocycles. The Morgan fingerprint density at radius 1 is 1.44 bits per heavy atom. The minimum atomic E-state index is 0.0972. The van der Waals surface area contributed by atoms with Crippen LogP contribution in [-0.2, 0) is 0 Å². The molecule has 0 fully saturated rings. The van der Waals surface area contributed by atoms with Crippen molar-refractivity contribution in [3.8, 4) is 11.3 Å². The average Bonchev–Trinajstić information content (AvgIpc) is 2.78. The molecule has 0 saturated carbocycles. The maximum absolute atomic E-state index is 5.71. The van der Waals surface area contributed by atoms with Gasteiger partial charge >= 0.3 is 0 Å². The molecule has 0 amide bonds. The Labute approximate surface area is 114 Å². The molecule has 2 rings (SSSR count). The van der Waals surface area contributed by atoms with E-state index in [0.29, 0.717) is 16.7 Å². The van der Waals surface area contributed by atoms with Crippen LogP contribution in [-0.4, -0.2) is 16.3 Å². The van der Waals surface area contributed by atoms with Crippen molar-refractivity contribution in [3.63, 3.8) is 0 Å². The maximum atomic E-state index is 5.71. The van der Waals surface area contributed by atoms with Crippen molar-refractivity contribution < 1.29 is 4.42 Å².